The largest absolute Gasteiger partial charge is 0.459 e. The minimum Gasteiger partial charge on any atom is -0.459 e. The van der Waals surface area contributed by atoms with Crippen LogP contribution in [0.5, 0.6) is 0 Å². The van der Waals surface area contributed by atoms with Crippen LogP contribution < -0.4 is 5.73 Å². The van der Waals surface area contributed by atoms with Gasteiger partial charge in [-0.2, -0.15) is 0 Å². The summed E-state index contributed by atoms with van der Waals surface area (Å²) in [7, 11) is 0. The molecule has 0 saturated carbocycles. The van der Waals surface area contributed by atoms with Gasteiger partial charge in [0.2, 0.25) is 6.29 Å². The zero-order chi connectivity index (χ0) is 16.8. The van der Waals surface area contributed by atoms with Crippen molar-refractivity contribution in [3.05, 3.63) is 46.1 Å². The third kappa shape index (κ3) is 4.56. The molecule has 1 aromatic rings. The Morgan fingerprint density at radius 1 is 1.39 bits per heavy atom. The van der Waals surface area contributed by atoms with E-state index < -0.39 is 12.2 Å². The van der Waals surface area contributed by atoms with Crippen molar-refractivity contribution in [3.63, 3.8) is 0 Å². The number of nitrogens with two attached hydrogens (primary N) is 1. The Morgan fingerprint density at radius 2 is 2.09 bits per heavy atom. The molecule has 1 amide bonds. The third-order valence-electron chi connectivity index (χ3n) is 3.91. The first-order chi connectivity index (χ1) is 11.1. The average Bonchev–Trinajstić information content (AvgIpc) is 2.54. The van der Waals surface area contributed by atoms with Gasteiger partial charge in [0, 0.05) is 29.5 Å². The van der Waals surface area contributed by atoms with Gasteiger partial charge in [0.25, 0.3) is 5.91 Å². The van der Waals surface area contributed by atoms with Gasteiger partial charge >= 0.3 is 0 Å². The summed E-state index contributed by atoms with van der Waals surface area (Å²) in [6.07, 6.45) is 2.59. The Hall–Kier alpha value is -1.37. The van der Waals surface area contributed by atoms with Crippen molar-refractivity contribution in [2.24, 2.45) is 11.7 Å². The van der Waals surface area contributed by atoms with Gasteiger partial charge in [-0.25, -0.2) is 0 Å². The number of benzene rings is 1. The van der Waals surface area contributed by atoms with E-state index >= 15 is 0 Å². The van der Waals surface area contributed by atoms with E-state index in [9.17, 15) is 4.79 Å². The van der Waals surface area contributed by atoms with Gasteiger partial charge in [0.15, 0.2) is 5.76 Å². The van der Waals surface area contributed by atoms with Crippen LogP contribution in [0, 0.1) is 5.92 Å². The highest BCUT2D eigenvalue weighted by Crippen LogP contribution is 2.39. The fourth-order valence-electron chi connectivity index (χ4n) is 2.84. The van der Waals surface area contributed by atoms with E-state index in [1.165, 1.54) is 0 Å². The smallest absolute Gasteiger partial charge is 0.283 e. The topological polar surface area (TPSA) is 81.8 Å². The third-order valence-corrected chi connectivity index (χ3v) is 4.44. The Labute approximate surface area is 144 Å². The maximum absolute atomic E-state index is 11.6. The van der Waals surface area contributed by atoms with Crippen LogP contribution in [0.25, 0.3) is 0 Å². The zero-order valence-corrected chi connectivity index (χ0v) is 14.7. The predicted molar refractivity (Wildman–Crippen MR) is 90.5 cm³/mol. The van der Waals surface area contributed by atoms with Gasteiger partial charge in [-0.05, 0) is 43.5 Å². The molecular formula is C17H22BrNO4. The zero-order valence-electron chi connectivity index (χ0n) is 13.1. The Bertz CT molecular complexity index is 558. The summed E-state index contributed by atoms with van der Waals surface area (Å²) in [5.74, 6) is -0.511. The standard InChI is InChI=1S/C17H22BrNO4/c1-2-22-17-13(4-3-9-20)14(10-15(23-17)16(19)21)11-5-7-12(18)8-6-11/h5-8,10,13-14,17,20H,2-4,9H2,1H3,(H2,19,21)/t13-,14-,17-/m1/s1. The number of carbonyl (C=O) groups is 1. The highest BCUT2D eigenvalue weighted by Gasteiger charge is 2.37. The van der Waals surface area contributed by atoms with Crippen LogP contribution in [0.3, 0.4) is 0 Å². The van der Waals surface area contributed by atoms with Gasteiger partial charge < -0.3 is 20.3 Å². The molecule has 126 valence electrons. The number of halogens is 1. The number of hydrogen-bond acceptors (Lipinski definition) is 4. The molecule has 0 bridgehead atoms. The molecule has 5 nitrogen and oxygen atoms in total. The molecule has 0 unspecified atom stereocenters. The fourth-order valence-corrected chi connectivity index (χ4v) is 3.11. The second-order valence-electron chi connectivity index (χ2n) is 5.44. The first-order valence-corrected chi connectivity index (χ1v) is 8.52. The van der Waals surface area contributed by atoms with Crippen LogP contribution >= 0.6 is 15.9 Å². The van der Waals surface area contributed by atoms with E-state index in [2.05, 4.69) is 15.9 Å². The van der Waals surface area contributed by atoms with Crippen molar-refractivity contribution in [2.75, 3.05) is 13.2 Å². The molecule has 1 aliphatic heterocycles. The van der Waals surface area contributed by atoms with E-state index in [0.29, 0.717) is 13.0 Å². The van der Waals surface area contributed by atoms with Crippen molar-refractivity contribution in [2.45, 2.75) is 32.0 Å². The second kappa shape index (κ2) is 8.47. The number of allylic oxidation sites excluding steroid dienone is 1. The lowest BCUT2D eigenvalue weighted by Crippen LogP contribution is -2.37. The number of ether oxygens (including phenoxy) is 2. The van der Waals surface area contributed by atoms with Crippen LogP contribution in [-0.2, 0) is 14.3 Å². The van der Waals surface area contributed by atoms with Crippen LogP contribution in [0.1, 0.15) is 31.2 Å². The van der Waals surface area contributed by atoms with E-state index in [1.54, 1.807) is 6.08 Å². The molecule has 0 spiro atoms. The first-order valence-electron chi connectivity index (χ1n) is 7.73. The highest BCUT2D eigenvalue weighted by molar-refractivity contribution is 9.10. The number of primary amides is 1. The number of amides is 1. The van der Waals surface area contributed by atoms with E-state index in [-0.39, 0.29) is 24.2 Å². The van der Waals surface area contributed by atoms with Gasteiger partial charge in [0.1, 0.15) is 0 Å². The molecule has 1 heterocycles. The molecule has 6 heteroatoms. The van der Waals surface area contributed by atoms with Crippen LogP contribution in [-0.4, -0.2) is 30.5 Å². The fraction of sp³-hybridized carbons (Fsp3) is 0.471. The SMILES string of the molecule is CCO[C@@H]1OC(C(N)=O)=C[C@H](c2ccc(Br)cc2)[C@H]1CCCO. The maximum atomic E-state index is 11.6. The summed E-state index contributed by atoms with van der Waals surface area (Å²) in [6.45, 7) is 2.46. The highest BCUT2D eigenvalue weighted by atomic mass is 79.9. The van der Waals surface area contributed by atoms with E-state index in [4.69, 9.17) is 20.3 Å². The second-order valence-corrected chi connectivity index (χ2v) is 6.36. The quantitative estimate of drug-likeness (QED) is 0.758. The molecule has 0 saturated heterocycles. The molecule has 23 heavy (non-hydrogen) atoms. The van der Waals surface area contributed by atoms with Gasteiger partial charge in [-0.3, -0.25) is 4.79 Å². The van der Waals surface area contributed by atoms with E-state index in [0.717, 1.165) is 16.5 Å². The maximum Gasteiger partial charge on any atom is 0.283 e. The molecule has 3 N–H and O–H groups in total. The predicted octanol–water partition coefficient (Wildman–Crippen LogP) is 2.68. The average molecular weight is 384 g/mol. The van der Waals surface area contributed by atoms with Crippen molar-refractivity contribution in [1.82, 2.24) is 0 Å². The molecule has 1 aromatic carbocycles. The molecule has 0 aliphatic carbocycles. The molecule has 1 aliphatic rings. The van der Waals surface area contributed by atoms with Crippen molar-refractivity contribution >= 4 is 21.8 Å². The lowest BCUT2D eigenvalue weighted by Gasteiger charge is -2.36. The molecule has 0 aromatic heterocycles. The molecule has 2 rings (SSSR count). The normalized spacial score (nSPS) is 24.0. The Balaban J connectivity index is 2.38. The summed E-state index contributed by atoms with van der Waals surface area (Å²) >= 11 is 3.43. The summed E-state index contributed by atoms with van der Waals surface area (Å²) in [5, 5.41) is 9.17. The number of carbonyl (C=O) groups excluding carboxylic acids is 1. The number of aliphatic hydroxyl groups is 1. The lowest BCUT2D eigenvalue weighted by molar-refractivity contribution is -0.165. The summed E-state index contributed by atoms with van der Waals surface area (Å²) in [4.78, 5) is 11.6. The van der Waals surface area contributed by atoms with E-state index in [1.807, 2.05) is 31.2 Å². The summed E-state index contributed by atoms with van der Waals surface area (Å²) in [5.41, 5.74) is 6.46. The van der Waals surface area contributed by atoms with Crippen molar-refractivity contribution in [1.29, 1.82) is 0 Å². The first kappa shape index (κ1) is 18.0. The number of rotatable bonds is 7. The van der Waals surface area contributed by atoms with Crippen LogP contribution in [0.4, 0.5) is 0 Å². The van der Waals surface area contributed by atoms with Crippen molar-refractivity contribution < 1.29 is 19.4 Å². The van der Waals surface area contributed by atoms with Gasteiger partial charge in [-0.15, -0.1) is 0 Å². The van der Waals surface area contributed by atoms with Gasteiger partial charge in [-0.1, -0.05) is 28.1 Å². The number of aliphatic hydroxyl groups excluding tert-OH is 1. The molecule has 0 fully saturated rings. The molecule has 0 radical (unpaired) electrons. The minimum atomic E-state index is -0.600. The minimum absolute atomic E-state index is 0.00590. The Morgan fingerprint density at radius 3 is 2.65 bits per heavy atom. The lowest BCUT2D eigenvalue weighted by atomic mass is 9.80. The molecule has 3 atom stereocenters. The monoisotopic (exact) mass is 383 g/mol. The summed E-state index contributed by atoms with van der Waals surface area (Å²) < 4.78 is 12.3. The van der Waals surface area contributed by atoms with Crippen LogP contribution in [0.15, 0.2) is 40.6 Å². The molecular weight excluding hydrogens is 362 g/mol. The van der Waals surface area contributed by atoms with Gasteiger partial charge in [0.05, 0.1) is 0 Å². The van der Waals surface area contributed by atoms with Crippen molar-refractivity contribution in [3.8, 4) is 0 Å². The van der Waals surface area contributed by atoms with Crippen LogP contribution in [0.2, 0.25) is 0 Å². The number of hydrogen-bond donors (Lipinski definition) is 2. The Kier molecular flexibility index (Phi) is 6.62. The summed E-state index contributed by atoms with van der Waals surface area (Å²) in [6, 6.07) is 7.93.